The van der Waals surface area contributed by atoms with Gasteiger partial charge in [-0.05, 0) is 18.2 Å². The van der Waals surface area contributed by atoms with E-state index in [0.717, 1.165) is 0 Å². The molecule has 0 amide bonds. The van der Waals surface area contributed by atoms with E-state index < -0.39 is 18.0 Å². The topological polar surface area (TPSA) is 83.8 Å². The summed E-state index contributed by atoms with van der Waals surface area (Å²) in [5.74, 6) is -3.24. The van der Waals surface area contributed by atoms with Gasteiger partial charge in [-0.3, -0.25) is 0 Å². The molecule has 0 fully saturated rings. The number of hydrogen-bond donors (Lipinski definition) is 2. The molecule has 7 heteroatoms. The van der Waals surface area contributed by atoms with E-state index in [1.807, 2.05) is 0 Å². The van der Waals surface area contributed by atoms with Crippen molar-refractivity contribution in [3.05, 3.63) is 28.2 Å². The maximum Gasteiger partial charge on any atom is 0.356 e. The molecule has 16 heavy (non-hydrogen) atoms. The molecular formula is C9H6Cl2O5. The van der Waals surface area contributed by atoms with Gasteiger partial charge in [0.1, 0.15) is 5.75 Å². The fraction of sp³-hybridized carbons (Fsp3) is 0.111. The Kier molecular flexibility index (Phi) is 3.98. The van der Waals surface area contributed by atoms with Crippen LogP contribution in [0.2, 0.25) is 10.0 Å². The third-order valence-corrected chi connectivity index (χ3v) is 1.98. The van der Waals surface area contributed by atoms with Gasteiger partial charge in [0.15, 0.2) is 0 Å². The molecule has 1 rings (SSSR count). The molecule has 0 aliphatic carbocycles. The van der Waals surface area contributed by atoms with Gasteiger partial charge in [-0.25, -0.2) is 9.59 Å². The molecule has 0 bridgehead atoms. The number of carbonyl (C=O) groups is 2. The fourth-order valence-electron chi connectivity index (χ4n) is 0.939. The molecule has 0 aliphatic heterocycles. The number of carboxylic acids is 2. The summed E-state index contributed by atoms with van der Waals surface area (Å²) >= 11 is 11.3. The second-order valence-corrected chi connectivity index (χ2v) is 3.65. The lowest BCUT2D eigenvalue weighted by Crippen LogP contribution is -2.35. The van der Waals surface area contributed by atoms with Crippen molar-refractivity contribution in [2.75, 3.05) is 0 Å². The number of halogens is 2. The average molecular weight is 265 g/mol. The van der Waals surface area contributed by atoms with Gasteiger partial charge in [0, 0.05) is 10.0 Å². The highest BCUT2D eigenvalue weighted by Crippen LogP contribution is 2.24. The summed E-state index contributed by atoms with van der Waals surface area (Å²) in [4.78, 5) is 21.1. The van der Waals surface area contributed by atoms with Gasteiger partial charge in [0.05, 0.1) is 0 Å². The van der Waals surface area contributed by atoms with Gasteiger partial charge >= 0.3 is 11.9 Å². The summed E-state index contributed by atoms with van der Waals surface area (Å²) < 4.78 is 4.73. The van der Waals surface area contributed by atoms with E-state index in [4.69, 9.17) is 38.2 Å². The van der Waals surface area contributed by atoms with Crippen LogP contribution in [0.1, 0.15) is 0 Å². The number of carboxylic acid groups (broad SMARTS) is 2. The number of benzene rings is 1. The lowest BCUT2D eigenvalue weighted by Gasteiger charge is -2.11. The van der Waals surface area contributed by atoms with E-state index in [0.29, 0.717) is 0 Å². The minimum absolute atomic E-state index is 0.0210. The van der Waals surface area contributed by atoms with Gasteiger partial charge in [-0.1, -0.05) is 23.2 Å². The van der Waals surface area contributed by atoms with Crippen molar-refractivity contribution in [1.82, 2.24) is 0 Å². The van der Waals surface area contributed by atoms with Crippen LogP contribution >= 0.6 is 23.2 Å². The second kappa shape index (κ2) is 5.05. The minimum Gasteiger partial charge on any atom is -0.478 e. The smallest absolute Gasteiger partial charge is 0.356 e. The first kappa shape index (κ1) is 12.6. The molecule has 1 aromatic carbocycles. The number of ether oxygens (including phenoxy) is 1. The number of hydrogen-bond acceptors (Lipinski definition) is 3. The van der Waals surface area contributed by atoms with Crippen LogP contribution < -0.4 is 4.74 Å². The van der Waals surface area contributed by atoms with Crippen LogP contribution in [0.25, 0.3) is 0 Å². The lowest BCUT2D eigenvalue weighted by atomic mass is 10.3. The van der Waals surface area contributed by atoms with Crippen molar-refractivity contribution in [1.29, 1.82) is 0 Å². The van der Waals surface area contributed by atoms with Gasteiger partial charge < -0.3 is 14.9 Å². The molecule has 2 N–H and O–H groups in total. The molecule has 0 radical (unpaired) electrons. The molecule has 86 valence electrons. The van der Waals surface area contributed by atoms with E-state index in [1.165, 1.54) is 18.2 Å². The maximum atomic E-state index is 10.5. The summed E-state index contributed by atoms with van der Waals surface area (Å²) in [5, 5.41) is 17.6. The molecule has 0 heterocycles. The Morgan fingerprint density at radius 1 is 1.06 bits per heavy atom. The van der Waals surface area contributed by atoms with Crippen molar-refractivity contribution in [2.24, 2.45) is 0 Å². The molecule has 0 spiro atoms. The molecule has 0 aromatic heterocycles. The quantitative estimate of drug-likeness (QED) is 0.812. The highest BCUT2D eigenvalue weighted by atomic mass is 35.5. The van der Waals surface area contributed by atoms with E-state index in [2.05, 4.69) is 0 Å². The van der Waals surface area contributed by atoms with Crippen LogP contribution in [0.15, 0.2) is 18.2 Å². The van der Waals surface area contributed by atoms with Crippen molar-refractivity contribution in [2.45, 2.75) is 6.10 Å². The van der Waals surface area contributed by atoms with E-state index in [1.54, 1.807) is 0 Å². The summed E-state index contributed by atoms with van der Waals surface area (Å²) in [6.45, 7) is 0. The van der Waals surface area contributed by atoms with Crippen LogP contribution in [0.3, 0.4) is 0 Å². The Balaban J connectivity index is 2.93. The van der Waals surface area contributed by atoms with Gasteiger partial charge in [-0.2, -0.15) is 0 Å². The molecule has 0 atom stereocenters. The molecule has 0 saturated heterocycles. The summed E-state index contributed by atoms with van der Waals surface area (Å²) in [7, 11) is 0. The van der Waals surface area contributed by atoms with Gasteiger partial charge in [0.25, 0.3) is 6.10 Å². The largest absolute Gasteiger partial charge is 0.478 e. The number of aliphatic carboxylic acids is 2. The molecule has 1 aromatic rings. The van der Waals surface area contributed by atoms with Crippen molar-refractivity contribution in [3.63, 3.8) is 0 Å². The van der Waals surface area contributed by atoms with Crippen LogP contribution in [0.5, 0.6) is 5.75 Å². The molecular weight excluding hydrogens is 259 g/mol. The molecule has 0 aliphatic rings. The summed E-state index contributed by atoms with van der Waals surface area (Å²) in [5.41, 5.74) is 0. The SMILES string of the molecule is O=C(O)C(Oc1cc(Cl)cc(Cl)c1)C(=O)O. The lowest BCUT2D eigenvalue weighted by molar-refractivity contribution is -0.159. The van der Waals surface area contributed by atoms with Crippen LogP contribution in [0.4, 0.5) is 0 Å². The first-order valence-electron chi connectivity index (χ1n) is 3.98. The summed E-state index contributed by atoms with van der Waals surface area (Å²) in [6.07, 6.45) is -1.99. The van der Waals surface area contributed by atoms with Gasteiger partial charge in [-0.15, -0.1) is 0 Å². The second-order valence-electron chi connectivity index (χ2n) is 2.78. The highest BCUT2D eigenvalue weighted by Gasteiger charge is 2.28. The Labute approximate surface area is 100 Å². The zero-order valence-electron chi connectivity index (χ0n) is 7.68. The van der Waals surface area contributed by atoms with E-state index >= 15 is 0 Å². The Morgan fingerprint density at radius 2 is 1.50 bits per heavy atom. The summed E-state index contributed by atoms with van der Waals surface area (Å²) in [6, 6.07) is 3.95. The predicted octanol–water partition coefficient (Wildman–Crippen LogP) is 1.91. The minimum atomic E-state index is -1.99. The fourth-order valence-corrected chi connectivity index (χ4v) is 1.45. The van der Waals surface area contributed by atoms with Crippen LogP contribution in [0, 0.1) is 0 Å². The van der Waals surface area contributed by atoms with Crippen LogP contribution in [-0.2, 0) is 9.59 Å². The monoisotopic (exact) mass is 264 g/mol. The predicted molar refractivity (Wildman–Crippen MR) is 56.1 cm³/mol. The van der Waals surface area contributed by atoms with Gasteiger partial charge in [0.2, 0.25) is 0 Å². The van der Waals surface area contributed by atoms with Crippen LogP contribution in [-0.4, -0.2) is 28.3 Å². The third kappa shape index (κ3) is 3.29. The standard InChI is InChI=1S/C9H6Cl2O5/c10-4-1-5(11)3-6(2-4)16-7(8(12)13)9(14)15/h1-3,7H,(H,12,13)(H,14,15). The zero-order valence-corrected chi connectivity index (χ0v) is 9.20. The molecule has 0 saturated carbocycles. The molecule has 5 nitrogen and oxygen atoms in total. The maximum absolute atomic E-state index is 10.5. The van der Waals surface area contributed by atoms with Crippen molar-refractivity contribution < 1.29 is 24.5 Å². The first-order valence-corrected chi connectivity index (χ1v) is 4.74. The number of rotatable bonds is 4. The third-order valence-electron chi connectivity index (χ3n) is 1.54. The Hall–Kier alpha value is -1.46. The van der Waals surface area contributed by atoms with Crippen molar-refractivity contribution >= 4 is 35.1 Å². The normalized spacial score (nSPS) is 10.2. The average Bonchev–Trinajstić information content (AvgIpc) is 2.11. The van der Waals surface area contributed by atoms with Crippen molar-refractivity contribution in [3.8, 4) is 5.75 Å². The Bertz CT molecular complexity index is 398. The first-order chi connectivity index (χ1) is 7.40. The molecule has 0 unspecified atom stereocenters. The Morgan fingerprint density at radius 3 is 1.88 bits per heavy atom. The zero-order chi connectivity index (χ0) is 12.3. The highest BCUT2D eigenvalue weighted by molar-refractivity contribution is 6.34. The van der Waals surface area contributed by atoms with E-state index in [9.17, 15) is 9.59 Å². The van der Waals surface area contributed by atoms with E-state index in [-0.39, 0.29) is 15.8 Å².